The topological polar surface area (TPSA) is 71.6 Å². The molecular formula is C22H27ClN2O4. The highest BCUT2D eigenvalue weighted by atomic mass is 35.5. The van der Waals surface area contributed by atoms with Crippen molar-refractivity contribution in [3.8, 4) is 0 Å². The summed E-state index contributed by atoms with van der Waals surface area (Å²) in [6, 6.07) is 6.95. The first-order valence-corrected chi connectivity index (χ1v) is 10.3. The fourth-order valence-corrected chi connectivity index (χ4v) is 3.87. The van der Waals surface area contributed by atoms with Gasteiger partial charge in [0.15, 0.2) is 0 Å². The van der Waals surface area contributed by atoms with E-state index in [0.717, 1.165) is 36.3 Å². The average Bonchev–Trinajstić information content (AvgIpc) is 3.30. The molecule has 0 spiro atoms. The zero-order valence-electron chi connectivity index (χ0n) is 17.1. The Labute approximate surface area is 176 Å². The number of H-pyrrole nitrogens is 1. The predicted molar refractivity (Wildman–Crippen MR) is 111 cm³/mol. The van der Waals surface area contributed by atoms with Crippen LogP contribution < -0.4 is 0 Å². The van der Waals surface area contributed by atoms with Crippen LogP contribution in [0, 0.1) is 13.8 Å². The van der Waals surface area contributed by atoms with E-state index < -0.39 is 0 Å². The van der Waals surface area contributed by atoms with Crippen molar-refractivity contribution in [1.29, 1.82) is 0 Å². The minimum atomic E-state index is -0.383. The maximum Gasteiger partial charge on any atom is 0.355 e. The van der Waals surface area contributed by atoms with E-state index in [4.69, 9.17) is 21.1 Å². The molecule has 2 aromatic rings. The summed E-state index contributed by atoms with van der Waals surface area (Å²) in [6.07, 6.45) is 1.94. The number of halogens is 1. The highest BCUT2D eigenvalue weighted by molar-refractivity contribution is 6.30. The van der Waals surface area contributed by atoms with Crippen LogP contribution in [-0.4, -0.2) is 47.6 Å². The summed E-state index contributed by atoms with van der Waals surface area (Å²) in [5.74, 6) is -0.494. The molecule has 1 atom stereocenters. The first-order valence-electron chi connectivity index (χ1n) is 9.92. The molecule has 0 bridgehead atoms. The molecule has 1 saturated heterocycles. The minimum absolute atomic E-state index is 0.0159. The maximum atomic E-state index is 13.3. The minimum Gasteiger partial charge on any atom is -0.461 e. The Bertz CT molecular complexity index is 887. The lowest BCUT2D eigenvalue weighted by Gasteiger charge is -2.26. The van der Waals surface area contributed by atoms with Crippen LogP contribution in [0.25, 0.3) is 0 Å². The van der Waals surface area contributed by atoms with Crippen molar-refractivity contribution in [3.63, 3.8) is 0 Å². The molecule has 7 heteroatoms. The van der Waals surface area contributed by atoms with Crippen molar-refractivity contribution in [3.05, 3.63) is 57.4 Å². The van der Waals surface area contributed by atoms with Crippen LogP contribution in [0.5, 0.6) is 0 Å². The molecule has 1 aliphatic heterocycles. The average molecular weight is 419 g/mol. The van der Waals surface area contributed by atoms with E-state index in [2.05, 4.69) is 4.98 Å². The number of ether oxygens (including phenoxy) is 2. The summed E-state index contributed by atoms with van der Waals surface area (Å²) in [7, 11) is 0. The number of carbonyl (C=O) groups is 2. The first kappa shape index (κ1) is 21.4. The van der Waals surface area contributed by atoms with Gasteiger partial charge < -0.3 is 19.4 Å². The van der Waals surface area contributed by atoms with Crippen molar-refractivity contribution < 1.29 is 19.1 Å². The van der Waals surface area contributed by atoms with Crippen LogP contribution in [0.3, 0.4) is 0 Å². The van der Waals surface area contributed by atoms with Gasteiger partial charge in [0.2, 0.25) is 0 Å². The molecule has 0 saturated carbocycles. The van der Waals surface area contributed by atoms with Crippen LogP contribution in [-0.2, 0) is 16.0 Å². The third-order valence-corrected chi connectivity index (χ3v) is 5.46. The summed E-state index contributed by atoms with van der Waals surface area (Å²) in [6.45, 7) is 7.45. The molecule has 1 fully saturated rings. The largest absolute Gasteiger partial charge is 0.461 e. The van der Waals surface area contributed by atoms with E-state index in [9.17, 15) is 9.59 Å². The van der Waals surface area contributed by atoms with E-state index in [1.54, 1.807) is 36.1 Å². The zero-order valence-corrected chi connectivity index (χ0v) is 17.8. The number of hydrogen-bond donors (Lipinski definition) is 1. The van der Waals surface area contributed by atoms with Gasteiger partial charge in [-0.25, -0.2) is 4.79 Å². The Kier molecular flexibility index (Phi) is 6.98. The van der Waals surface area contributed by atoms with Gasteiger partial charge in [0.1, 0.15) is 5.69 Å². The van der Waals surface area contributed by atoms with Gasteiger partial charge in [-0.2, -0.15) is 0 Å². The zero-order chi connectivity index (χ0) is 21.0. The number of carbonyl (C=O) groups excluding carboxylic acids is 2. The molecule has 3 rings (SSSR count). The molecule has 0 radical (unpaired) electrons. The molecule has 1 aromatic carbocycles. The Morgan fingerprint density at radius 3 is 2.79 bits per heavy atom. The second kappa shape index (κ2) is 9.46. The fraction of sp³-hybridized carbons (Fsp3) is 0.455. The highest BCUT2D eigenvalue weighted by Crippen LogP contribution is 2.24. The van der Waals surface area contributed by atoms with E-state index >= 15 is 0 Å². The number of benzene rings is 1. The molecule has 2 heterocycles. The molecule has 1 amide bonds. The van der Waals surface area contributed by atoms with Crippen molar-refractivity contribution in [2.75, 3.05) is 19.8 Å². The van der Waals surface area contributed by atoms with Crippen LogP contribution in [0.2, 0.25) is 5.02 Å². The lowest BCUT2D eigenvalue weighted by Crippen LogP contribution is -2.37. The second-order valence-corrected chi connectivity index (χ2v) is 7.72. The maximum absolute atomic E-state index is 13.3. The third-order valence-electron chi connectivity index (χ3n) is 5.23. The number of rotatable bonds is 7. The lowest BCUT2D eigenvalue weighted by molar-refractivity contribution is 0.0506. The number of aryl methyl sites for hydroxylation is 1. The summed E-state index contributed by atoms with van der Waals surface area (Å²) in [4.78, 5) is 30.4. The molecule has 1 aliphatic rings. The lowest BCUT2D eigenvalue weighted by atomic mass is 10.1. The molecule has 0 aliphatic carbocycles. The van der Waals surface area contributed by atoms with E-state index in [1.807, 2.05) is 13.8 Å². The Morgan fingerprint density at radius 1 is 1.34 bits per heavy atom. The first-order chi connectivity index (χ1) is 13.9. The van der Waals surface area contributed by atoms with Crippen molar-refractivity contribution in [2.45, 2.75) is 46.3 Å². The number of nitrogens with one attached hydrogen (secondary N) is 1. The van der Waals surface area contributed by atoms with Gasteiger partial charge in [-0.3, -0.25) is 4.79 Å². The van der Waals surface area contributed by atoms with Crippen LogP contribution >= 0.6 is 11.6 Å². The van der Waals surface area contributed by atoms with Gasteiger partial charge in [-0.05, 0) is 62.9 Å². The van der Waals surface area contributed by atoms with Gasteiger partial charge in [-0.1, -0.05) is 17.7 Å². The molecular weight excluding hydrogens is 392 g/mol. The standard InChI is InChI=1S/C22H27ClN2O4/c1-4-28-22(27)20-14(2)19(15(3)24-20)13-25(12-18-9-6-10-29-18)21(26)16-7-5-8-17(23)11-16/h5,7-8,11,18,24H,4,6,9-10,12-13H2,1-3H3/t18-/m0/s1. The summed E-state index contributed by atoms with van der Waals surface area (Å²) < 4.78 is 10.9. The molecule has 29 heavy (non-hydrogen) atoms. The number of esters is 1. The predicted octanol–water partition coefficient (Wildman–Crippen LogP) is 4.28. The number of amides is 1. The smallest absolute Gasteiger partial charge is 0.355 e. The number of aromatic nitrogens is 1. The number of hydrogen-bond acceptors (Lipinski definition) is 4. The number of aromatic amines is 1. The number of nitrogens with zero attached hydrogens (tertiary/aromatic N) is 1. The Morgan fingerprint density at radius 2 is 2.14 bits per heavy atom. The van der Waals surface area contributed by atoms with Gasteiger partial charge in [0, 0.05) is 36.0 Å². The molecule has 0 unspecified atom stereocenters. The normalized spacial score (nSPS) is 16.1. The second-order valence-electron chi connectivity index (χ2n) is 7.28. The molecule has 156 valence electrons. The van der Waals surface area contributed by atoms with Crippen molar-refractivity contribution in [1.82, 2.24) is 9.88 Å². The van der Waals surface area contributed by atoms with Crippen LogP contribution in [0.1, 0.15) is 57.4 Å². The third kappa shape index (κ3) is 5.00. The highest BCUT2D eigenvalue weighted by Gasteiger charge is 2.26. The van der Waals surface area contributed by atoms with Gasteiger partial charge in [-0.15, -0.1) is 0 Å². The Balaban J connectivity index is 1.89. The monoisotopic (exact) mass is 418 g/mol. The van der Waals surface area contributed by atoms with Crippen molar-refractivity contribution in [2.24, 2.45) is 0 Å². The van der Waals surface area contributed by atoms with Crippen LogP contribution in [0.15, 0.2) is 24.3 Å². The van der Waals surface area contributed by atoms with Gasteiger partial charge in [0.05, 0.1) is 12.7 Å². The Hall–Kier alpha value is -2.31. The van der Waals surface area contributed by atoms with E-state index in [1.165, 1.54) is 0 Å². The molecule has 1 N–H and O–H groups in total. The van der Waals surface area contributed by atoms with E-state index in [0.29, 0.717) is 36.0 Å². The molecule has 6 nitrogen and oxygen atoms in total. The molecule has 1 aromatic heterocycles. The van der Waals surface area contributed by atoms with Gasteiger partial charge in [0.25, 0.3) is 5.91 Å². The summed E-state index contributed by atoms with van der Waals surface area (Å²) in [5.41, 5.74) is 3.54. The van der Waals surface area contributed by atoms with E-state index in [-0.39, 0.29) is 18.0 Å². The summed E-state index contributed by atoms with van der Waals surface area (Å²) in [5, 5.41) is 0.520. The van der Waals surface area contributed by atoms with Crippen molar-refractivity contribution >= 4 is 23.5 Å². The van der Waals surface area contributed by atoms with Gasteiger partial charge >= 0.3 is 5.97 Å². The van der Waals surface area contributed by atoms with Crippen LogP contribution in [0.4, 0.5) is 0 Å². The quantitative estimate of drug-likeness (QED) is 0.681. The summed E-state index contributed by atoms with van der Waals surface area (Å²) >= 11 is 6.09. The fourth-order valence-electron chi connectivity index (χ4n) is 3.68. The SMILES string of the molecule is CCOC(=O)c1[nH]c(C)c(CN(C[C@@H]2CCCO2)C(=O)c2cccc(Cl)c2)c1C.